The van der Waals surface area contributed by atoms with Crippen LogP contribution in [0.1, 0.15) is 40.0 Å². The van der Waals surface area contributed by atoms with Crippen LogP contribution in [0.15, 0.2) is 42.6 Å². The van der Waals surface area contributed by atoms with Crippen molar-refractivity contribution < 1.29 is 14.4 Å². The monoisotopic (exact) mass is 405 g/mol. The van der Waals surface area contributed by atoms with Gasteiger partial charge in [-0.15, -0.1) is 0 Å². The minimum atomic E-state index is -0.598. The van der Waals surface area contributed by atoms with Crippen LogP contribution >= 0.6 is 0 Å². The zero-order valence-electron chi connectivity index (χ0n) is 16.5. The summed E-state index contributed by atoms with van der Waals surface area (Å²) in [6.45, 7) is 2.56. The highest BCUT2D eigenvalue weighted by Gasteiger charge is 2.41. The number of aromatic nitrogens is 1. The Morgan fingerprint density at radius 3 is 2.70 bits per heavy atom. The number of nitrogens with one attached hydrogen (secondary N) is 3. The third kappa shape index (κ3) is 3.09. The standard InChI is InChI=1S/C22H23N5O3/c28-19-8-7-17(20(29)26-19)27-11-16-14(4-3-5-15(16)21(27)30)10-25-22(12-23-13-22)18-6-1-2-9-24-18/h1-6,9,17,23,25H,7-8,10-13H2,(H,26,28,29). The molecule has 0 radical (unpaired) electrons. The molecule has 3 N–H and O–H groups in total. The number of piperidine rings is 1. The van der Waals surface area contributed by atoms with E-state index < -0.39 is 6.04 Å². The Labute approximate surface area is 174 Å². The Morgan fingerprint density at radius 1 is 1.13 bits per heavy atom. The number of imide groups is 1. The van der Waals surface area contributed by atoms with Gasteiger partial charge in [-0.25, -0.2) is 0 Å². The van der Waals surface area contributed by atoms with Crippen LogP contribution < -0.4 is 16.0 Å². The van der Waals surface area contributed by atoms with Crippen LogP contribution in [0.4, 0.5) is 0 Å². The third-order valence-corrected chi connectivity index (χ3v) is 6.31. The van der Waals surface area contributed by atoms with Gasteiger partial charge in [0.25, 0.3) is 5.91 Å². The van der Waals surface area contributed by atoms with Gasteiger partial charge < -0.3 is 10.2 Å². The maximum atomic E-state index is 13.0. The van der Waals surface area contributed by atoms with Crippen LogP contribution in [-0.4, -0.2) is 46.7 Å². The number of nitrogens with zero attached hydrogens (tertiary/aromatic N) is 2. The molecule has 5 rings (SSSR count). The van der Waals surface area contributed by atoms with Crippen molar-refractivity contribution in [2.75, 3.05) is 13.1 Å². The Bertz CT molecular complexity index is 1020. The molecule has 0 bridgehead atoms. The van der Waals surface area contributed by atoms with Gasteiger partial charge in [-0.05, 0) is 35.7 Å². The van der Waals surface area contributed by atoms with E-state index in [1.807, 2.05) is 36.4 Å². The van der Waals surface area contributed by atoms with Gasteiger partial charge in [-0.3, -0.25) is 30.0 Å². The first-order valence-corrected chi connectivity index (χ1v) is 10.2. The number of pyridine rings is 1. The van der Waals surface area contributed by atoms with Crippen LogP contribution in [-0.2, 0) is 28.2 Å². The lowest BCUT2D eigenvalue weighted by Crippen LogP contribution is -2.65. The summed E-state index contributed by atoms with van der Waals surface area (Å²) in [6.07, 6.45) is 2.42. The molecule has 3 aliphatic rings. The van der Waals surface area contributed by atoms with Crippen LogP contribution in [0.5, 0.6) is 0 Å². The van der Waals surface area contributed by atoms with Gasteiger partial charge in [-0.1, -0.05) is 18.2 Å². The fourth-order valence-electron chi connectivity index (χ4n) is 4.50. The van der Waals surface area contributed by atoms with Crippen molar-refractivity contribution >= 4 is 17.7 Å². The summed E-state index contributed by atoms with van der Waals surface area (Å²) in [4.78, 5) is 42.8. The SMILES string of the molecule is O=C1CCC(N2Cc3c(CNC4(c5ccccn5)CNC4)cccc3C2=O)C(=O)N1. The summed E-state index contributed by atoms with van der Waals surface area (Å²) in [5, 5.41) is 9.31. The average molecular weight is 405 g/mol. The van der Waals surface area contributed by atoms with Crippen molar-refractivity contribution in [3.05, 3.63) is 65.0 Å². The van der Waals surface area contributed by atoms with E-state index in [-0.39, 0.29) is 29.7 Å². The smallest absolute Gasteiger partial charge is 0.255 e. The molecular formula is C22H23N5O3. The van der Waals surface area contributed by atoms with Crippen LogP contribution in [0.2, 0.25) is 0 Å². The third-order valence-electron chi connectivity index (χ3n) is 6.31. The molecule has 8 nitrogen and oxygen atoms in total. The Kier molecular flexibility index (Phi) is 4.60. The van der Waals surface area contributed by atoms with E-state index >= 15 is 0 Å². The zero-order chi connectivity index (χ0) is 20.7. The molecule has 2 fully saturated rings. The number of carbonyl (C=O) groups is 3. The quantitative estimate of drug-likeness (QED) is 0.624. The Balaban J connectivity index is 1.36. The number of benzene rings is 1. The van der Waals surface area contributed by atoms with Crippen molar-refractivity contribution in [3.63, 3.8) is 0 Å². The van der Waals surface area contributed by atoms with E-state index in [0.717, 1.165) is 29.9 Å². The minimum absolute atomic E-state index is 0.147. The van der Waals surface area contributed by atoms with Crippen molar-refractivity contribution in [3.8, 4) is 0 Å². The van der Waals surface area contributed by atoms with Crippen molar-refractivity contribution in [1.29, 1.82) is 0 Å². The number of carbonyl (C=O) groups excluding carboxylic acids is 3. The second kappa shape index (κ2) is 7.30. The fourth-order valence-corrected chi connectivity index (χ4v) is 4.50. The first-order chi connectivity index (χ1) is 14.6. The number of amides is 3. The molecule has 1 atom stereocenters. The summed E-state index contributed by atoms with van der Waals surface area (Å²) in [6, 6.07) is 11.0. The van der Waals surface area contributed by atoms with Gasteiger partial charge in [0, 0.05) is 44.4 Å². The molecule has 154 valence electrons. The van der Waals surface area contributed by atoms with E-state index in [9.17, 15) is 14.4 Å². The molecule has 1 unspecified atom stereocenters. The van der Waals surface area contributed by atoms with Gasteiger partial charge in [0.1, 0.15) is 6.04 Å². The van der Waals surface area contributed by atoms with E-state index in [0.29, 0.717) is 25.1 Å². The number of rotatable bonds is 5. The maximum absolute atomic E-state index is 13.0. The largest absolute Gasteiger partial charge is 0.322 e. The molecule has 0 saturated carbocycles. The lowest BCUT2D eigenvalue weighted by molar-refractivity contribution is -0.136. The fraction of sp³-hybridized carbons (Fsp3) is 0.364. The highest BCUT2D eigenvalue weighted by Crippen LogP contribution is 2.31. The molecule has 4 heterocycles. The molecule has 2 aromatic rings. The Morgan fingerprint density at radius 2 is 2.00 bits per heavy atom. The molecule has 0 aliphatic carbocycles. The molecule has 2 saturated heterocycles. The van der Waals surface area contributed by atoms with E-state index in [4.69, 9.17) is 0 Å². The normalized spacial score (nSPS) is 22.5. The van der Waals surface area contributed by atoms with Gasteiger partial charge in [0.05, 0.1) is 11.2 Å². The molecule has 30 heavy (non-hydrogen) atoms. The second-order valence-electron chi connectivity index (χ2n) is 8.10. The molecule has 3 amide bonds. The summed E-state index contributed by atoms with van der Waals surface area (Å²) in [7, 11) is 0. The van der Waals surface area contributed by atoms with Gasteiger partial charge in [0.15, 0.2) is 0 Å². The molecule has 3 aliphatic heterocycles. The molecular weight excluding hydrogens is 382 g/mol. The predicted molar refractivity (Wildman–Crippen MR) is 108 cm³/mol. The first-order valence-electron chi connectivity index (χ1n) is 10.2. The van der Waals surface area contributed by atoms with E-state index in [1.54, 1.807) is 11.1 Å². The van der Waals surface area contributed by atoms with Gasteiger partial charge in [-0.2, -0.15) is 0 Å². The summed E-state index contributed by atoms with van der Waals surface area (Å²) >= 11 is 0. The van der Waals surface area contributed by atoms with Crippen molar-refractivity contribution in [1.82, 2.24) is 25.8 Å². The van der Waals surface area contributed by atoms with Crippen LogP contribution in [0.3, 0.4) is 0 Å². The topological polar surface area (TPSA) is 103 Å². The molecule has 1 aromatic carbocycles. The second-order valence-corrected chi connectivity index (χ2v) is 8.10. The number of hydrogen-bond acceptors (Lipinski definition) is 6. The lowest BCUT2D eigenvalue weighted by Gasteiger charge is -2.43. The van der Waals surface area contributed by atoms with Crippen molar-refractivity contribution in [2.24, 2.45) is 0 Å². The Hall–Kier alpha value is -3.10. The van der Waals surface area contributed by atoms with Gasteiger partial charge >= 0.3 is 0 Å². The highest BCUT2D eigenvalue weighted by atomic mass is 16.2. The summed E-state index contributed by atoms with van der Waals surface area (Å²) in [5.74, 6) is -0.813. The predicted octanol–water partition coefficient (Wildman–Crippen LogP) is 0.431. The minimum Gasteiger partial charge on any atom is -0.322 e. The number of hydrogen-bond donors (Lipinski definition) is 3. The summed E-state index contributed by atoms with van der Waals surface area (Å²) in [5.41, 5.74) is 3.40. The van der Waals surface area contributed by atoms with Crippen molar-refractivity contribution in [2.45, 2.75) is 37.5 Å². The zero-order valence-corrected chi connectivity index (χ0v) is 16.5. The van der Waals surface area contributed by atoms with Crippen LogP contribution in [0, 0.1) is 0 Å². The van der Waals surface area contributed by atoms with E-state index in [1.165, 1.54) is 0 Å². The average Bonchev–Trinajstić information content (AvgIpc) is 3.05. The highest BCUT2D eigenvalue weighted by molar-refractivity contribution is 6.05. The van der Waals surface area contributed by atoms with E-state index in [2.05, 4.69) is 20.9 Å². The summed E-state index contributed by atoms with van der Waals surface area (Å²) < 4.78 is 0. The first kappa shape index (κ1) is 18.9. The van der Waals surface area contributed by atoms with Crippen LogP contribution in [0.25, 0.3) is 0 Å². The maximum Gasteiger partial charge on any atom is 0.255 e. The number of fused-ring (bicyclic) bond motifs is 1. The molecule has 0 spiro atoms. The molecule has 1 aromatic heterocycles. The molecule has 8 heteroatoms. The van der Waals surface area contributed by atoms with Gasteiger partial charge in [0.2, 0.25) is 11.8 Å². The lowest BCUT2D eigenvalue weighted by atomic mass is 9.87.